The molecule has 0 aliphatic carbocycles. The average Bonchev–Trinajstić information content (AvgIpc) is 2.74. The van der Waals surface area contributed by atoms with Crippen molar-refractivity contribution < 1.29 is 28.9 Å². The van der Waals surface area contributed by atoms with E-state index in [1.807, 2.05) is 0 Å². The van der Waals surface area contributed by atoms with Crippen molar-refractivity contribution in [2.24, 2.45) is 0 Å². The molecule has 0 aromatic heterocycles. The number of hydrogen-bond acceptors (Lipinski definition) is 6. The fourth-order valence-electron chi connectivity index (χ4n) is 2.68. The number of rotatable bonds is 17. The van der Waals surface area contributed by atoms with Gasteiger partial charge in [-0.3, -0.25) is 0 Å². The van der Waals surface area contributed by atoms with Gasteiger partial charge >= 0.3 is 11.9 Å². The number of carboxylic acid groups (broad SMARTS) is 1. The minimum absolute atomic E-state index is 0.191. The molecule has 0 aliphatic rings. The van der Waals surface area contributed by atoms with Crippen molar-refractivity contribution in [3.63, 3.8) is 0 Å². The summed E-state index contributed by atoms with van der Waals surface area (Å²) in [5.41, 5.74) is 0.191. The van der Waals surface area contributed by atoms with Gasteiger partial charge in [0.05, 0.1) is 25.4 Å². The molecule has 0 bridgehead atoms. The Labute approximate surface area is 184 Å². The Morgan fingerprint density at radius 3 is 1.70 bits per heavy atom. The molecule has 1 N–H and O–H groups in total. The quantitative estimate of drug-likeness (QED) is 0.147. The lowest BCUT2D eigenvalue weighted by Crippen LogP contribution is -2.57. The molecule has 0 spiro atoms. The van der Waals surface area contributed by atoms with Crippen LogP contribution in [-0.2, 0) is 19.0 Å². The normalized spacial score (nSPS) is 13.7. The predicted molar refractivity (Wildman–Crippen MR) is 119 cm³/mol. The first-order valence-electron chi connectivity index (χ1n) is 10.8. The summed E-state index contributed by atoms with van der Waals surface area (Å²) in [4.78, 5) is 24.3. The van der Waals surface area contributed by atoms with Crippen molar-refractivity contribution in [2.45, 2.75) is 81.8 Å². The van der Waals surface area contributed by atoms with Gasteiger partial charge in [0.25, 0.3) is 0 Å². The van der Waals surface area contributed by atoms with Gasteiger partial charge in [-0.15, -0.1) is 11.8 Å². The van der Waals surface area contributed by atoms with Crippen LogP contribution in [0.15, 0.2) is 29.2 Å². The summed E-state index contributed by atoms with van der Waals surface area (Å²) in [5.74, 6) is -2.52. The zero-order valence-electron chi connectivity index (χ0n) is 18.6. The molecule has 0 amide bonds. The maximum atomic E-state index is 12.4. The highest BCUT2D eigenvalue weighted by Crippen LogP contribution is 2.43. The summed E-state index contributed by atoms with van der Waals surface area (Å²) in [6, 6.07) is 6.41. The molecule has 6 nitrogen and oxygen atoms in total. The van der Waals surface area contributed by atoms with E-state index in [4.69, 9.17) is 19.3 Å². The van der Waals surface area contributed by atoms with Gasteiger partial charge in [0.2, 0.25) is 0 Å². The maximum absolute atomic E-state index is 12.4. The molecule has 0 saturated carbocycles. The number of ether oxygens (including phenoxy) is 3. The van der Waals surface area contributed by atoms with Gasteiger partial charge in [0, 0.05) is 4.90 Å². The van der Waals surface area contributed by atoms with Crippen LogP contribution in [0, 0.1) is 0 Å². The first kappa shape index (κ1) is 26.6. The number of carbonyl (C=O) groups excluding carboxylic acids is 1. The zero-order valence-corrected chi connectivity index (χ0v) is 19.5. The lowest BCUT2D eigenvalue weighted by atomic mass is 10.1. The fraction of sp³-hybridized carbons (Fsp3) is 0.652. The SMILES string of the molecule is CCCCOC(OCCCC)(OCCCC)C(C)(C=O)Sc1ccc(C(=O)O)cc1. The Hall–Kier alpha value is -1.41. The van der Waals surface area contributed by atoms with E-state index in [0.29, 0.717) is 19.8 Å². The van der Waals surface area contributed by atoms with E-state index >= 15 is 0 Å². The van der Waals surface area contributed by atoms with Gasteiger partial charge in [-0.25, -0.2) is 4.79 Å². The third-order valence-corrected chi connectivity index (χ3v) is 5.91. The van der Waals surface area contributed by atoms with Crippen LogP contribution in [0.3, 0.4) is 0 Å². The number of carbonyl (C=O) groups is 2. The molecule has 30 heavy (non-hydrogen) atoms. The lowest BCUT2D eigenvalue weighted by molar-refractivity contribution is -0.388. The monoisotopic (exact) mass is 440 g/mol. The summed E-state index contributed by atoms with van der Waals surface area (Å²) in [6.07, 6.45) is 6.12. The molecule has 1 aromatic rings. The van der Waals surface area contributed by atoms with E-state index in [0.717, 1.165) is 49.7 Å². The van der Waals surface area contributed by atoms with Gasteiger partial charge in [0.1, 0.15) is 6.29 Å². The third kappa shape index (κ3) is 7.69. The number of thioether (sulfide) groups is 1. The van der Waals surface area contributed by atoms with Crippen LogP contribution in [-0.4, -0.2) is 47.9 Å². The van der Waals surface area contributed by atoms with E-state index in [9.17, 15) is 9.59 Å². The standard InChI is InChI=1S/C23H36O6S/c1-5-8-15-27-23(28-16-9-6-2,29-17-10-7-3)22(4,18-24)30-20-13-11-19(12-14-20)21(25)26/h11-14,18H,5-10,15-17H2,1-4H3,(H,25,26). The smallest absolute Gasteiger partial charge is 0.335 e. The van der Waals surface area contributed by atoms with Crippen molar-refractivity contribution >= 4 is 24.0 Å². The van der Waals surface area contributed by atoms with Crippen LogP contribution in [0.1, 0.15) is 76.6 Å². The average molecular weight is 441 g/mol. The van der Waals surface area contributed by atoms with E-state index in [-0.39, 0.29) is 5.56 Å². The van der Waals surface area contributed by atoms with Gasteiger partial charge < -0.3 is 24.1 Å². The molecule has 0 fully saturated rings. The molecule has 0 radical (unpaired) electrons. The molecule has 0 heterocycles. The van der Waals surface area contributed by atoms with Crippen LogP contribution < -0.4 is 0 Å². The van der Waals surface area contributed by atoms with Crippen LogP contribution in [0.4, 0.5) is 0 Å². The van der Waals surface area contributed by atoms with Crippen molar-refractivity contribution in [1.82, 2.24) is 0 Å². The van der Waals surface area contributed by atoms with E-state index in [1.165, 1.54) is 23.9 Å². The second-order valence-corrected chi connectivity index (χ2v) is 8.84. The molecule has 1 aromatic carbocycles. The number of aromatic carboxylic acids is 1. The number of carboxylic acids is 1. The number of unbranched alkanes of at least 4 members (excludes halogenated alkanes) is 3. The number of hydrogen-bond donors (Lipinski definition) is 1. The summed E-state index contributed by atoms with van der Waals surface area (Å²) in [7, 11) is 0. The summed E-state index contributed by atoms with van der Waals surface area (Å²) < 4.78 is 17.3. The maximum Gasteiger partial charge on any atom is 0.335 e. The molecular formula is C23H36O6S. The molecular weight excluding hydrogens is 404 g/mol. The second kappa shape index (κ2) is 13.8. The molecule has 1 rings (SSSR count). The van der Waals surface area contributed by atoms with Crippen LogP contribution in [0.25, 0.3) is 0 Å². The highest BCUT2D eigenvalue weighted by molar-refractivity contribution is 8.01. The van der Waals surface area contributed by atoms with Crippen molar-refractivity contribution in [1.29, 1.82) is 0 Å². The minimum atomic E-state index is -1.52. The first-order valence-corrected chi connectivity index (χ1v) is 11.6. The van der Waals surface area contributed by atoms with Gasteiger partial charge in [-0.05, 0) is 50.5 Å². The predicted octanol–water partition coefficient (Wildman–Crippen LogP) is 5.54. The Balaban J connectivity index is 3.24. The highest BCUT2D eigenvalue weighted by Gasteiger charge is 2.54. The Bertz CT molecular complexity index is 607. The summed E-state index contributed by atoms with van der Waals surface area (Å²) >= 11 is 1.26. The Morgan fingerprint density at radius 2 is 1.37 bits per heavy atom. The van der Waals surface area contributed by atoms with Crippen molar-refractivity contribution in [2.75, 3.05) is 19.8 Å². The van der Waals surface area contributed by atoms with E-state index in [1.54, 1.807) is 19.1 Å². The van der Waals surface area contributed by atoms with Gasteiger partial charge in [-0.1, -0.05) is 40.0 Å². The van der Waals surface area contributed by atoms with Crippen LogP contribution in [0.5, 0.6) is 0 Å². The minimum Gasteiger partial charge on any atom is -0.478 e. The molecule has 1 atom stereocenters. The molecule has 7 heteroatoms. The number of benzene rings is 1. The van der Waals surface area contributed by atoms with Gasteiger partial charge in [-0.2, -0.15) is 0 Å². The largest absolute Gasteiger partial charge is 0.478 e. The summed E-state index contributed by atoms with van der Waals surface area (Å²) in [6.45, 7) is 9.19. The van der Waals surface area contributed by atoms with Crippen molar-refractivity contribution in [3.8, 4) is 0 Å². The van der Waals surface area contributed by atoms with E-state index < -0.39 is 16.7 Å². The third-order valence-electron chi connectivity index (χ3n) is 4.63. The summed E-state index contributed by atoms with van der Waals surface area (Å²) in [5, 5.41) is 9.12. The molecule has 170 valence electrons. The van der Waals surface area contributed by atoms with Crippen LogP contribution >= 0.6 is 11.8 Å². The Morgan fingerprint density at radius 1 is 0.933 bits per heavy atom. The molecule has 0 aliphatic heterocycles. The van der Waals surface area contributed by atoms with Gasteiger partial charge in [0.15, 0.2) is 4.75 Å². The van der Waals surface area contributed by atoms with Crippen molar-refractivity contribution in [3.05, 3.63) is 29.8 Å². The lowest BCUT2D eigenvalue weighted by Gasteiger charge is -2.43. The highest BCUT2D eigenvalue weighted by atomic mass is 32.2. The van der Waals surface area contributed by atoms with E-state index in [2.05, 4.69) is 20.8 Å². The number of aldehydes is 1. The first-order chi connectivity index (χ1) is 14.4. The second-order valence-electron chi connectivity index (χ2n) is 7.32. The molecule has 0 saturated heterocycles. The zero-order chi connectivity index (χ0) is 22.5. The molecule has 1 unspecified atom stereocenters. The van der Waals surface area contributed by atoms with Crippen LogP contribution in [0.2, 0.25) is 0 Å². The topological polar surface area (TPSA) is 82.1 Å². The Kier molecular flexibility index (Phi) is 12.3. The fourth-order valence-corrected chi connectivity index (χ4v) is 3.79.